The van der Waals surface area contributed by atoms with Crippen LogP contribution in [0.4, 0.5) is 0 Å². The number of fused-ring (bicyclic) bond motifs is 1. The van der Waals surface area contributed by atoms with Crippen molar-refractivity contribution in [3.05, 3.63) is 36.0 Å². The monoisotopic (exact) mass is 520 g/mol. The molecule has 0 aliphatic rings. The number of primary amides is 1. The van der Waals surface area contributed by atoms with Gasteiger partial charge in [0.05, 0.1) is 12.5 Å². The number of aromatic amines is 1. The number of hydrogen-bond acceptors (Lipinski definition) is 7. The molecule has 0 bridgehead atoms. The molecule has 0 saturated carbocycles. The first-order valence-corrected chi connectivity index (χ1v) is 12.6. The van der Waals surface area contributed by atoms with Crippen LogP contribution in [0, 0.1) is 0 Å². The minimum absolute atomic E-state index is 0.229. The number of thioether (sulfide) groups is 1. The van der Waals surface area contributed by atoms with E-state index in [0.717, 1.165) is 16.5 Å². The minimum atomic E-state index is -1.41. The lowest BCUT2D eigenvalue weighted by molar-refractivity contribution is -0.142. The molecular weight excluding hydrogens is 488 g/mol. The van der Waals surface area contributed by atoms with Crippen LogP contribution >= 0.6 is 11.8 Å². The van der Waals surface area contributed by atoms with E-state index in [2.05, 4.69) is 20.9 Å². The Morgan fingerprint density at radius 3 is 2.31 bits per heavy atom. The lowest BCUT2D eigenvalue weighted by Crippen LogP contribution is -2.57. The Morgan fingerprint density at radius 1 is 1.03 bits per heavy atom. The lowest BCUT2D eigenvalue weighted by Gasteiger charge is -2.24. The Bertz CT molecular complexity index is 1110. The molecule has 0 fully saturated rings. The molecule has 1 aromatic carbocycles. The van der Waals surface area contributed by atoms with Crippen molar-refractivity contribution < 1.29 is 29.1 Å². The number of H-pyrrole nitrogens is 1. The fraction of sp³-hybridized carbons (Fsp3) is 0.435. The van der Waals surface area contributed by atoms with Crippen LogP contribution in [0.2, 0.25) is 0 Å². The van der Waals surface area contributed by atoms with E-state index in [4.69, 9.17) is 16.6 Å². The van der Waals surface area contributed by atoms with Gasteiger partial charge < -0.3 is 37.5 Å². The first kappa shape index (κ1) is 28.7. The summed E-state index contributed by atoms with van der Waals surface area (Å²) in [7, 11) is 0. The van der Waals surface area contributed by atoms with Crippen molar-refractivity contribution in [1.29, 1.82) is 0 Å². The molecule has 1 heterocycles. The number of aliphatic carboxylic acids is 1. The Hall–Kier alpha value is -3.58. The zero-order valence-corrected chi connectivity index (χ0v) is 20.9. The summed E-state index contributed by atoms with van der Waals surface area (Å²) in [6, 6.07) is 2.93. The Balaban J connectivity index is 2.10. The third-order valence-electron chi connectivity index (χ3n) is 5.46. The topological polar surface area (TPSA) is 209 Å². The highest BCUT2D eigenvalue weighted by Crippen LogP contribution is 2.18. The number of hydrogen-bond donors (Lipinski definition) is 7. The van der Waals surface area contributed by atoms with Crippen molar-refractivity contribution >= 4 is 52.3 Å². The minimum Gasteiger partial charge on any atom is -0.480 e. The number of amides is 4. The van der Waals surface area contributed by atoms with Crippen LogP contribution in [0.25, 0.3) is 10.9 Å². The molecule has 2 aromatic rings. The highest BCUT2D eigenvalue weighted by molar-refractivity contribution is 7.98. The van der Waals surface area contributed by atoms with Gasteiger partial charge in [-0.25, -0.2) is 0 Å². The van der Waals surface area contributed by atoms with Gasteiger partial charge in [0, 0.05) is 17.1 Å². The average molecular weight is 521 g/mol. The van der Waals surface area contributed by atoms with Crippen molar-refractivity contribution in [3.63, 3.8) is 0 Å². The fourth-order valence-corrected chi connectivity index (χ4v) is 3.94. The maximum atomic E-state index is 13.0. The van der Waals surface area contributed by atoms with E-state index in [1.54, 1.807) is 6.20 Å². The zero-order valence-electron chi connectivity index (χ0n) is 20.1. The maximum absolute atomic E-state index is 13.0. The number of nitrogens with two attached hydrogens (primary N) is 2. The van der Waals surface area contributed by atoms with Crippen molar-refractivity contribution in [2.75, 3.05) is 12.0 Å². The maximum Gasteiger partial charge on any atom is 0.325 e. The Kier molecular flexibility index (Phi) is 10.7. The summed E-state index contributed by atoms with van der Waals surface area (Å²) in [4.78, 5) is 63.9. The van der Waals surface area contributed by atoms with Gasteiger partial charge >= 0.3 is 5.97 Å². The predicted molar refractivity (Wildman–Crippen MR) is 136 cm³/mol. The second-order valence-corrected chi connectivity index (χ2v) is 9.30. The molecule has 0 aliphatic carbocycles. The van der Waals surface area contributed by atoms with E-state index >= 15 is 0 Å². The van der Waals surface area contributed by atoms with Gasteiger partial charge in [-0.15, -0.1) is 0 Å². The predicted octanol–water partition coefficient (Wildman–Crippen LogP) is -0.775. The Morgan fingerprint density at radius 2 is 1.67 bits per heavy atom. The van der Waals surface area contributed by atoms with E-state index in [-0.39, 0.29) is 12.8 Å². The van der Waals surface area contributed by atoms with Crippen molar-refractivity contribution in [2.24, 2.45) is 11.5 Å². The molecule has 0 radical (unpaired) electrons. The number of rotatable bonds is 14. The summed E-state index contributed by atoms with van der Waals surface area (Å²) in [5.74, 6) is -3.81. The van der Waals surface area contributed by atoms with Crippen LogP contribution in [0.5, 0.6) is 0 Å². The number of carbonyl (C=O) groups is 5. The molecule has 4 atom stereocenters. The molecule has 2 rings (SSSR count). The van der Waals surface area contributed by atoms with E-state index in [9.17, 15) is 24.0 Å². The average Bonchev–Trinajstić information content (AvgIpc) is 3.23. The van der Waals surface area contributed by atoms with Crippen molar-refractivity contribution in [1.82, 2.24) is 20.9 Å². The number of benzene rings is 1. The van der Waals surface area contributed by atoms with Crippen molar-refractivity contribution in [2.45, 2.75) is 50.4 Å². The normalized spacial score (nSPS) is 14.3. The Labute approximate surface area is 212 Å². The second kappa shape index (κ2) is 13.5. The quantitative estimate of drug-likeness (QED) is 0.168. The van der Waals surface area contributed by atoms with Crippen LogP contribution in [0.15, 0.2) is 30.5 Å². The SMILES string of the molecule is CSCCC(NC(=O)C(N)Cc1c[nH]c2ccccc12)C(=O)NC(CC(N)=O)C(=O)NC(C)C(=O)O. The van der Waals surface area contributed by atoms with Crippen molar-refractivity contribution in [3.8, 4) is 0 Å². The molecule has 0 aliphatic heterocycles. The van der Waals surface area contributed by atoms with Crippen LogP contribution in [-0.2, 0) is 30.4 Å². The summed E-state index contributed by atoms with van der Waals surface area (Å²) in [6.07, 6.45) is 3.52. The largest absolute Gasteiger partial charge is 0.480 e. The van der Waals surface area contributed by atoms with Gasteiger partial charge in [-0.2, -0.15) is 11.8 Å². The number of carboxylic acid groups (broad SMARTS) is 1. The van der Waals surface area contributed by atoms with Crippen LogP contribution in [-0.4, -0.2) is 75.9 Å². The molecule has 13 heteroatoms. The van der Waals surface area contributed by atoms with Gasteiger partial charge in [-0.3, -0.25) is 24.0 Å². The number of carboxylic acids is 1. The van der Waals surface area contributed by atoms with Gasteiger partial charge in [-0.1, -0.05) is 18.2 Å². The summed E-state index contributed by atoms with van der Waals surface area (Å²) < 4.78 is 0. The highest BCUT2D eigenvalue weighted by Gasteiger charge is 2.30. The molecule has 36 heavy (non-hydrogen) atoms. The molecule has 12 nitrogen and oxygen atoms in total. The molecule has 0 saturated heterocycles. The van der Waals surface area contributed by atoms with E-state index in [1.807, 2.05) is 30.5 Å². The number of para-hydroxylation sites is 1. The van der Waals surface area contributed by atoms with E-state index < -0.39 is 60.2 Å². The summed E-state index contributed by atoms with van der Waals surface area (Å²) in [5.41, 5.74) is 13.1. The molecular formula is C23H32N6O6S. The van der Waals surface area contributed by atoms with Gasteiger partial charge in [0.25, 0.3) is 0 Å². The summed E-state index contributed by atoms with van der Waals surface area (Å²) in [6.45, 7) is 1.24. The van der Waals surface area contributed by atoms with Gasteiger partial charge in [0.15, 0.2) is 0 Å². The first-order valence-electron chi connectivity index (χ1n) is 11.2. The molecule has 196 valence electrons. The van der Waals surface area contributed by atoms with Gasteiger partial charge in [0.2, 0.25) is 23.6 Å². The zero-order chi connectivity index (χ0) is 26.8. The number of nitrogens with one attached hydrogen (secondary N) is 4. The molecule has 4 amide bonds. The summed E-state index contributed by atoms with van der Waals surface area (Å²) in [5, 5.41) is 17.2. The second-order valence-electron chi connectivity index (χ2n) is 8.31. The highest BCUT2D eigenvalue weighted by atomic mass is 32.2. The number of carbonyl (C=O) groups excluding carboxylic acids is 4. The first-order chi connectivity index (χ1) is 17.0. The molecule has 1 aromatic heterocycles. The molecule has 4 unspecified atom stereocenters. The van der Waals surface area contributed by atoms with E-state index in [1.165, 1.54) is 18.7 Å². The van der Waals surface area contributed by atoms with Crippen LogP contribution in [0.1, 0.15) is 25.3 Å². The van der Waals surface area contributed by atoms with Gasteiger partial charge in [-0.05, 0) is 43.4 Å². The standard InChI is InChI=1S/C23H32N6O6S/c1-12(23(34)35)27-22(33)18(10-19(25)30)29-21(32)17(7-8-36-2)28-20(31)15(24)9-13-11-26-16-6-4-3-5-14(13)16/h3-6,11-12,15,17-18,26H,7-10,24H2,1-2H3,(H2,25,30)(H,27,33)(H,28,31)(H,29,32)(H,34,35). The van der Waals surface area contributed by atoms with Crippen LogP contribution in [0.3, 0.4) is 0 Å². The third-order valence-corrected chi connectivity index (χ3v) is 6.11. The smallest absolute Gasteiger partial charge is 0.325 e. The fourth-order valence-electron chi connectivity index (χ4n) is 3.47. The van der Waals surface area contributed by atoms with Crippen LogP contribution < -0.4 is 27.4 Å². The molecule has 0 spiro atoms. The number of aromatic nitrogens is 1. The lowest BCUT2D eigenvalue weighted by atomic mass is 10.0. The third kappa shape index (κ3) is 8.27. The van der Waals surface area contributed by atoms with Gasteiger partial charge in [0.1, 0.15) is 18.1 Å². The molecule has 9 N–H and O–H groups in total. The summed E-state index contributed by atoms with van der Waals surface area (Å²) >= 11 is 1.45. The van der Waals surface area contributed by atoms with E-state index in [0.29, 0.717) is 5.75 Å².